The molecular formula is C18H18FN3O2. The fourth-order valence-corrected chi connectivity index (χ4v) is 2.74. The lowest BCUT2D eigenvalue weighted by atomic mass is 10.2. The second-order valence-electron chi connectivity index (χ2n) is 5.68. The molecule has 0 aliphatic carbocycles. The number of urea groups is 1. The molecule has 24 heavy (non-hydrogen) atoms. The van der Waals surface area contributed by atoms with Crippen LogP contribution in [0.15, 0.2) is 48.5 Å². The molecule has 1 saturated heterocycles. The van der Waals surface area contributed by atoms with Crippen molar-refractivity contribution in [1.82, 2.24) is 5.32 Å². The second kappa shape index (κ2) is 6.70. The standard InChI is InChI=1S/C18H18FN3O2/c1-12-14(19)8-5-9-15(12)20-18(24)21-16-10-11-22(17(16)23)13-6-3-2-4-7-13/h2-9,16H,10-11H2,1H3,(H2,20,21,24)/t16-/m1/s1. The summed E-state index contributed by atoms with van der Waals surface area (Å²) in [5.74, 6) is -0.535. The molecule has 0 aromatic heterocycles. The van der Waals surface area contributed by atoms with Gasteiger partial charge in [-0.2, -0.15) is 0 Å². The zero-order chi connectivity index (χ0) is 17.1. The van der Waals surface area contributed by atoms with Gasteiger partial charge in [0.15, 0.2) is 0 Å². The van der Waals surface area contributed by atoms with E-state index >= 15 is 0 Å². The SMILES string of the molecule is Cc1c(F)cccc1NC(=O)N[C@@H]1CCN(c2ccccc2)C1=O. The van der Waals surface area contributed by atoms with Gasteiger partial charge in [0, 0.05) is 23.5 Å². The van der Waals surface area contributed by atoms with Gasteiger partial charge >= 0.3 is 6.03 Å². The number of amides is 3. The smallest absolute Gasteiger partial charge is 0.319 e. The summed E-state index contributed by atoms with van der Waals surface area (Å²) in [5, 5.41) is 5.25. The number of anilines is 2. The topological polar surface area (TPSA) is 61.4 Å². The van der Waals surface area contributed by atoms with Crippen molar-refractivity contribution in [1.29, 1.82) is 0 Å². The Labute approximate surface area is 139 Å². The van der Waals surface area contributed by atoms with E-state index < -0.39 is 12.1 Å². The number of halogens is 1. The van der Waals surface area contributed by atoms with Crippen LogP contribution in [0, 0.1) is 12.7 Å². The Morgan fingerprint density at radius 1 is 1.17 bits per heavy atom. The van der Waals surface area contributed by atoms with E-state index in [4.69, 9.17) is 0 Å². The summed E-state index contributed by atoms with van der Waals surface area (Å²) in [5.41, 5.74) is 1.56. The predicted molar refractivity (Wildman–Crippen MR) is 90.5 cm³/mol. The van der Waals surface area contributed by atoms with Gasteiger partial charge in [-0.3, -0.25) is 4.79 Å². The summed E-state index contributed by atoms with van der Waals surface area (Å²) >= 11 is 0. The molecule has 0 bridgehead atoms. The molecule has 3 amide bonds. The van der Waals surface area contributed by atoms with Crippen molar-refractivity contribution in [2.24, 2.45) is 0 Å². The van der Waals surface area contributed by atoms with Crippen LogP contribution in [0.2, 0.25) is 0 Å². The molecule has 1 fully saturated rings. The lowest BCUT2D eigenvalue weighted by molar-refractivity contribution is -0.118. The fourth-order valence-electron chi connectivity index (χ4n) is 2.74. The molecule has 2 aromatic rings. The quantitative estimate of drug-likeness (QED) is 0.910. The Morgan fingerprint density at radius 2 is 1.92 bits per heavy atom. The number of nitrogens with zero attached hydrogens (tertiary/aromatic N) is 1. The molecule has 1 atom stereocenters. The average molecular weight is 327 g/mol. The van der Waals surface area contributed by atoms with E-state index in [1.54, 1.807) is 17.9 Å². The number of hydrogen-bond donors (Lipinski definition) is 2. The normalized spacial score (nSPS) is 17.0. The van der Waals surface area contributed by atoms with Crippen molar-refractivity contribution in [2.75, 3.05) is 16.8 Å². The molecular weight excluding hydrogens is 309 g/mol. The van der Waals surface area contributed by atoms with E-state index in [-0.39, 0.29) is 11.7 Å². The fraction of sp³-hybridized carbons (Fsp3) is 0.222. The van der Waals surface area contributed by atoms with Gasteiger partial charge in [0.05, 0.1) is 0 Å². The first-order valence-corrected chi connectivity index (χ1v) is 7.75. The van der Waals surface area contributed by atoms with Crippen molar-refractivity contribution in [3.05, 3.63) is 59.9 Å². The Balaban J connectivity index is 1.63. The van der Waals surface area contributed by atoms with E-state index in [9.17, 15) is 14.0 Å². The van der Waals surface area contributed by atoms with Crippen molar-refractivity contribution >= 4 is 23.3 Å². The van der Waals surface area contributed by atoms with Gasteiger partial charge in [0.1, 0.15) is 11.9 Å². The van der Waals surface area contributed by atoms with Gasteiger partial charge in [-0.15, -0.1) is 0 Å². The molecule has 5 nitrogen and oxygen atoms in total. The van der Waals surface area contributed by atoms with Crippen LogP contribution >= 0.6 is 0 Å². The largest absolute Gasteiger partial charge is 0.326 e. The summed E-state index contributed by atoms with van der Waals surface area (Å²) in [4.78, 5) is 26.2. The Hall–Kier alpha value is -2.89. The first-order valence-electron chi connectivity index (χ1n) is 7.75. The van der Waals surface area contributed by atoms with Crippen molar-refractivity contribution in [3.8, 4) is 0 Å². The van der Waals surface area contributed by atoms with E-state index in [2.05, 4.69) is 10.6 Å². The summed E-state index contributed by atoms with van der Waals surface area (Å²) < 4.78 is 13.5. The molecule has 0 unspecified atom stereocenters. The van der Waals surface area contributed by atoms with Crippen LogP contribution in [0.1, 0.15) is 12.0 Å². The number of benzene rings is 2. The molecule has 3 rings (SSSR count). The van der Waals surface area contributed by atoms with Crippen LogP contribution in [0.5, 0.6) is 0 Å². The number of hydrogen-bond acceptors (Lipinski definition) is 2. The van der Waals surface area contributed by atoms with Gasteiger partial charge in [-0.05, 0) is 37.6 Å². The average Bonchev–Trinajstić information content (AvgIpc) is 2.93. The van der Waals surface area contributed by atoms with Gasteiger partial charge < -0.3 is 15.5 Å². The molecule has 0 spiro atoms. The monoisotopic (exact) mass is 327 g/mol. The molecule has 0 saturated carbocycles. The van der Waals surface area contributed by atoms with Crippen LogP contribution in [0.4, 0.5) is 20.6 Å². The maximum absolute atomic E-state index is 13.5. The zero-order valence-electron chi connectivity index (χ0n) is 13.3. The summed E-state index contributed by atoms with van der Waals surface area (Å²) in [7, 11) is 0. The predicted octanol–water partition coefficient (Wildman–Crippen LogP) is 3.06. The lowest BCUT2D eigenvalue weighted by Crippen LogP contribution is -2.43. The molecule has 1 aliphatic rings. The second-order valence-corrected chi connectivity index (χ2v) is 5.68. The van der Waals surface area contributed by atoms with E-state index in [0.29, 0.717) is 24.2 Å². The van der Waals surface area contributed by atoms with E-state index in [1.807, 2.05) is 30.3 Å². The van der Waals surface area contributed by atoms with Crippen LogP contribution in [0.25, 0.3) is 0 Å². The van der Waals surface area contributed by atoms with Gasteiger partial charge in [-0.25, -0.2) is 9.18 Å². The number of carbonyl (C=O) groups is 2. The zero-order valence-corrected chi connectivity index (χ0v) is 13.3. The minimum absolute atomic E-state index is 0.146. The minimum atomic E-state index is -0.584. The van der Waals surface area contributed by atoms with Gasteiger partial charge in [-0.1, -0.05) is 24.3 Å². The first-order chi connectivity index (χ1) is 11.6. The third-order valence-corrected chi connectivity index (χ3v) is 4.09. The minimum Gasteiger partial charge on any atom is -0.326 e. The highest BCUT2D eigenvalue weighted by Gasteiger charge is 2.33. The molecule has 1 heterocycles. The Kier molecular flexibility index (Phi) is 4.46. The molecule has 6 heteroatoms. The van der Waals surface area contributed by atoms with Crippen molar-refractivity contribution in [3.63, 3.8) is 0 Å². The molecule has 124 valence electrons. The highest BCUT2D eigenvalue weighted by molar-refractivity contribution is 6.02. The van der Waals surface area contributed by atoms with Gasteiger partial charge in [0.2, 0.25) is 5.91 Å². The van der Waals surface area contributed by atoms with Crippen LogP contribution < -0.4 is 15.5 Å². The highest BCUT2D eigenvalue weighted by Crippen LogP contribution is 2.21. The lowest BCUT2D eigenvalue weighted by Gasteiger charge is -2.17. The maximum atomic E-state index is 13.5. The number of rotatable bonds is 3. The molecule has 2 aromatic carbocycles. The van der Waals surface area contributed by atoms with Crippen LogP contribution in [-0.4, -0.2) is 24.5 Å². The molecule has 1 aliphatic heterocycles. The third-order valence-electron chi connectivity index (χ3n) is 4.09. The summed E-state index contributed by atoms with van der Waals surface area (Å²) in [6.45, 7) is 2.13. The summed E-state index contributed by atoms with van der Waals surface area (Å²) in [6.07, 6.45) is 0.531. The summed E-state index contributed by atoms with van der Waals surface area (Å²) in [6, 6.07) is 12.7. The van der Waals surface area contributed by atoms with Crippen LogP contribution in [0.3, 0.4) is 0 Å². The highest BCUT2D eigenvalue weighted by atomic mass is 19.1. The van der Waals surface area contributed by atoms with E-state index in [0.717, 1.165) is 5.69 Å². The maximum Gasteiger partial charge on any atom is 0.319 e. The number of para-hydroxylation sites is 1. The Bertz CT molecular complexity index is 764. The van der Waals surface area contributed by atoms with Crippen molar-refractivity contribution < 1.29 is 14.0 Å². The number of nitrogens with one attached hydrogen (secondary N) is 2. The van der Waals surface area contributed by atoms with Crippen molar-refractivity contribution in [2.45, 2.75) is 19.4 Å². The first kappa shape index (κ1) is 16.0. The Morgan fingerprint density at radius 3 is 2.67 bits per heavy atom. The van der Waals surface area contributed by atoms with E-state index in [1.165, 1.54) is 12.1 Å². The van der Waals surface area contributed by atoms with Crippen LogP contribution in [-0.2, 0) is 4.79 Å². The van der Waals surface area contributed by atoms with Gasteiger partial charge in [0.25, 0.3) is 0 Å². The molecule has 2 N–H and O–H groups in total. The third kappa shape index (κ3) is 3.22. The molecule has 0 radical (unpaired) electrons. The number of carbonyl (C=O) groups excluding carboxylic acids is 2.